The molecule has 1 N–H and O–H groups in total. The van der Waals surface area contributed by atoms with Crippen molar-refractivity contribution in [3.8, 4) is 0 Å². The van der Waals surface area contributed by atoms with E-state index in [0.717, 1.165) is 12.3 Å². The molecule has 0 aromatic carbocycles. The van der Waals surface area contributed by atoms with Gasteiger partial charge in [0.1, 0.15) is 0 Å². The monoisotopic (exact) mass is 291 g/mol. The van der Waals surface area contributed by atoms with Gasteiger partial charge >= 0.3 is 0 Å². The topological polar surface area (TPSA) is 12.0 Å². The van der Waals surface area contributed by atoms with Gasteiger partial charge in [0.05, 0.1) is 0 Å². The molecule has 3 rings (SSSR count). The fourth-order valence-electron chi connectivity index (χ4n) is 2.63. The molecule has 3 heteroatoms. The van der Waals surface area contributed by atoms with Crippen LogP contribution in [0.15, 0.2) is 35.0 Å². The van der Waals surface area contributed by atoms with Gasteiger partial charge in [-0.05, 0) is 42.2 Å². The Hall–Kier alpha value is -0.640. The zero-order valence-corrected chi connectivity index (χ0v) is 13.0. The first kappa shape index (κ1) is 13.3. The highest BCUT2D eigenvalue weighted by atomic mass is 32.1. The van der Waals surface area contributed by atoms with Crippen molar-refractivity contribution in [2.75, 3.05) is 0 Å². The summed E-state index contributed by atoms with van der Waals surface area (Å²) in [4.78, 5) is 2.94. The Morgan fingerprint density at radius 2 is 2.00 bits per heavy atom. The van der Waals surface area contributed by atoms with Crippen LogP contribution in [0, 0.1) is 5.92 Å². The predicted octanol–water partition coefficient (Wildman–Crippen LogP) is 4.87. The van der Waals surface area contributed by atoms with Crippen LogP contribution in [0.1, 0.15) is 42.0 Å². The van der Waals surface area contributed by atoms with Crippen LogP contribution in [-0.2, 0) is 6.42 Å². The van der Waals surface area contributed by atoms with E-state index >= 15 is 0 Å². The van der Waals surface area contributed by atoms with Crippen molar-refractivity contribution in [2.24, 2.45) is 5.92 Å². The molecule has 2 atom stereocenters. The van der Waals surface area contributed by atoms with Crippen LogP contribution >= 0.6 is 22.7 Å². The summed E-state index contributed by atoms with van der Waals surface area (Å²) in [5.41, 5.74) is 0. The molecule has 0 amide bonds. The van der Waals surface area contributed by atoms with E-state index in [0.29, 0.717) is 12.1 Å². The first-order valence-corrected chi connectivity index (χ1v) is 8.89. The SMILES string of the molecule is CC(CC1CC1)NC(Cc1cccs1)c1cccs1. The van der Waals surface area contributed by atoms with Gasteiger partial charge in [0.25, 0.3) is 0 Å². The van der Waals surface area contributed by atoms with Crippen LogP contribution in [0.3, 0.4) is 0 Å². The van der Waals surface area contributed by atoms with E-state index in [1.165, 1.54) is 29.0 Å². The molecule has 2 aromatic heterocycles. The Balaban J connectivity index is 1.65. The molecule has 2 aromatic rings. The molecular formula is C16H21NS2. The zero-order chi connectivity index (χ0) is 13.1. The van der Waals surface area contributed by atoms with Crippen molar-refractivity contribution in [1.82, 2.24) is 5.32 Å². The quantitative estimate of drug-likeness (QED) is 0.767. The van der Waals surface area contributed by atoms with Crippen molar-refractivity contribution >= 4 is 22.7 Å². The van der Waals surface area contributed by atoms with Gasteiger partial charge in [0.15, 0.2) is 0 Å². The highest BCUT2D eigenvalue weighted by Crippen LogP contribution is 2.34. The van der Waals surface area contributed by atoms with Crippen LogP contribution in [0.25, 0.3) is 0 Å². The summed E-state index contributed by atoms with van der Waals surface area (Å²) in [6, 6.07) is 9.93. The Bertz CT molecular complexity index is 471. The van der Waals surface area contributed by atoms with Crippen molar-refractivity contribution in [3.63, 3.8) is 0 Å². The smallest absolute Gasteiger partial charge is 0.0465 e. The van der Waals surface area contributed by atoms with E-state index in [1.54, 1.807) is 0 Å². The highest BCUT2D eigenvalue weighted by Gasteiger charge is 2.25. The molecule has 2 heterocycles. The number of rotatable bonds is 7. The van der Waals surface area contributed by atoms with Crippen molar-refractivity contribution in [1.29, 1.82) is 0 Å². The Kier molecular flexibility index (Phi) is 4.36. The van der Waals surface area contributed by atoms with Crippen LogP contribution < -0.4 is 5.32 Å². The molecule has 102 valence electrons. The van der Waals surface area contributed by atoms with Gasteiger partial charge in [-0.1, -0.05) is 25.0 Å². The second-order valence-corrected chi connectivity index (χ2v) is 7.61. The minimum Gasteiger partial charge on any atom is -0.306 e. The third-order valence-electron chi connectivity index (χ3n) is 3.74. The van der Waals surface area contributed by atoms with Crippen LogP contribution in [0.5, 0.6) is 0 Å². The van der Waals surface area contributed by atoms with E-state index < -0.39 is 0 Å². The third-order valence-corrected chi connectivity index (χ3v) is 5.63. The van der Waals surface area contributed by atoms with Gasteiger partial charge in [0, 0.05) is 28.3 Å². The fourth-order valence-corrected chi connectivity index (χ4v) is 4.17. The normalized spacial score (nSPS) is 18.4. The van der Waals surface area contributed by atoms with Crippen LogP contribution in [0.4, 0.5) is 0 Å². The molecule has 0 aliphatic heterocycles. The fraction of sp³-hybridized carbons (Fsp3) is 0.500. The Morgan fingerprint density at radius 3 is 2.63 bits per heavy atom. The molecule has 1 aliphatic carbocycles. The van der Waals surface area contributed by atoms with Crippen molar-refractivity contribution in [3.05, 3.63) is 44.8 Å². The first-order valence-electron chi connectivity index (χ1n) is 7.13. The lowest BCUT2D eigenvalue weighted by atomic mass is 10.1. The lowest BCUT2D eigenvalue weighted by Crippen LogP contribution is -2.31. The van der Waals surface area contributed by atoms with Gasteiger partial charge in [-0.15, -0.1) is 22.7 Å². The van der Waals surface area contributed by atoms with E-state index in [9.17, 15) is 0 Å². The summed E-state index contributed by atoms with van der Waals surface area (Å²) in [6.45, 7) is 2.34. The number of hydrogen-bond acceptors (Lipinski definition) is 3. The third kappa shape index (κ3) is 3.91. The first-order chi connectivity index (χ1) is 9.31. The second kappa shape index (κ2) is 6.21. The van der Waals surface area contributed by atoms with Crippen molar-refractivity contribution in [2.45, 2.75) is 44.7 Å². The highest BCUT2D eigenvalue weighted by molar-refractivity contribution is 7.10. The van der Waals surface area contributed by atoms with Gasteiger partial charge in [0.2, 0.25) is 0 Å². The Labute approximate surface area is 123 Å². The molecule has 2 unspecified atom stereocenters. The molecule has 1 aliphatic rings. The lowest BCUT2D eigenvalue weighted by Gasteiger charge is -2.22. The average molecular weight is 291 g/mol. The molecule has 19 heavy (non-hydrogen) atoms. The van der Waals surface area contributed by atoms with Gasteiger partial charge < -0.3 is 5.32 Å². The molecule has 0 spiro atoms. The summed E-state index contributed by atoms with van der Waals surface area (Å²) >= 11 is 3.74. The van der Waals surface area contributed by atoms with E-state index in [1.807, 2.05) is 22.7 Å². The molecule has 0 saturated heterocycles. The lowest BCUT2D eigenvalue weighted by molar-refractivity contribution is 0.423. The summed E-state index contributed by atoms with van der Waals surface area (Å²) in [5.74, 6) is 0.994. The maximum atomic E-state index is 3.85. The Morgan fingerprint density at radius 1 is 1.21 bits per heavy atom. The summed E-state index contributed by atoms with van der Waals surface area (Å²) in [6.07, 6.45) is 5.35. The average Bonchev–Trinajstić information content (AvgIpc) is 2.88. The van der Waals surface area contributed by atoms with E-state index in [2.05, 4.69) is 47.3 Å². The standard InChI is InChI=1S/C16H21NS2/c1-12(10-13-6-7-13)17-15(16-5-3-9-19-16)11-14-4-2-8-18-14/h2-5,8-9,12-13,15,17H,6-7,10-11H2,1H3. The minimum absolute atomic E-state index is 0.479. The molecule has 1 nitrogen and oxygen atoms in total. The minimum atomic E-state index is 0.479. The molecule has 1 fully saturated rings. The summed E-state index contributed by atoms with van der Waals surface area (Å²) in [7, 11) is 0. The summed E-state index contributed by atoms with van der Waals surface area (Å²) in [5, 5.41) is 8.21. The molecular weight excluding hydrogens is 270 g/mol. The molecule has 1 saturated carbocycles. The summed E-state index contributed by atoms with van der Waals surface area (Å²) < 4.78 is 0. The second-order valence-electron chi connectivity index (χ2n) is 5.60. The maximum absolute atomic E-state index is 3.85. The van der Waals surface area contributed by atoms with Gasteiger partial charge in [-0.25, -0.2) is 0 Å². The van der Waals surface area contributed by atoms with E-state index in [-0.39, 0.29) is 0 Å². The molecule has 0 bridgehead atoms. The molecule has 0 radical (unpaired) electrons. The van der Waals surface area contributed by atoms with Crippen molar-refractivity contribution < 1.29 is 0 Å². The number of thiophene rings is 2. The largest absolute Gasteiger partial charge is 0.306 e. The zero-order valence-electron chi connectivity index (χ0n) is 11.3. The van der Waals surface area contributed by atoms with Crippen LogP contribution in [-0.4, -0.2) is 6.04 Å². The van der Waals surface area contributed by atoms with Gasteiger partial charge in [-0.3, -0.25) is 0 Å². The predicted molar refractivity (Wildman–Crippen MR) is 85.0 cm³/mol. The van der Waals surface area contributed by atoms with Crippen LogP contribution in [0.2, 0.25) is 0 Å². The van der Waals surface area contributed by atoms with E-state index in [4.69, 9.17) is 0 Å². The maximum Gasteiger partial charge on any atom is 0.0465 e. The van der Waals surface area contributed by atoms with Gasteiger partial charge in [-0.2, -0.15) is 0 Å². The number of nitrogens with one attached hydrogen (secondary N) is 1. The number of hydrogen-bond donors (Lipinski definition) is 1.